The molecule has 19 heavy (non-hydrogen) atoms. The second-order valence-electron chi connectivity index (χ2n) is 4.82. The highest BCUT2D eigenvalue weighted by molar-refractivity contribution is 9.10. The summed E-state index contributed by atoms with van der Waals surface area (Å²) in [5, 5.41) is 9.16. The molecule has 1 aliphatic carbocycles. The molecule has 1 aromatic carbocycles. The summed E-state index contributed by atoms with van der Waals surface area (Å²) in [6.45, 7) is 0. The van der Waals surface area contributed by atoms with Crippen LogP contribution in [0.4, 0.5) is 4.39 Å². The number of carboxylic acids is 1. The number of carbonyl (C=O) groups excluding carboxylic acids is 1. The van der Waals surface area contributed by atoms with Crippen LogP contribution in [0.5, 0.6) is 0 Å². The summed E-state index contributed by atoms with van der Waals surface area (Å²) < 4.78 is 14.3. The van der Waals surface area contributed by atoms with Crippen molar-refractivity contribution in [2.24, 2.45) is 11.8 Å². The second kappa shape index (κ2) is 5.82. The topological polar surface area (TPSA) is 54.4 Å². The molecule has 1 aromatic rings. The number of hydrogen-bond donors (Lipinski definition) is 1. The molecule has 0 aliphatic heterocycles. The Bertz CT molecular complexity index is 515. The summed E-state index contributed by atoms with van der Waals surface area (Å²) >= 11 is 3.13. The zero-order valence-corrected chi connectivity index (χ0v) is 11.8. The normalized spacial score (nSPS) is 23.1. The number of benzene rings is 1. The van der Waals surface area contributed by atoms with Crippen LogP contribution >= 0.6 is 15.9 Å². The summed E-state index contributed by atoms with van der Waals surface area (Å²) in [6, 6.07) is 4.23. The van der Waals surface area contributed by atoms with E-state index >= 15 is 0 Å². The number of rotatable bonds is 3. The van der Waals surface area contributed by atoms with E-state index in [2.05, 4.69) is 15.9 Å². The zero-order chi connectivity index (χ0) is 14.0. The first kappa shape index (κ1) is 14.2. The van der Waals surface area contributed by atoms with Gasteiger partial charge in [0.1, 0.15) is 5.82 Å². The molecule has 0 amide bonds. The summed E-state index contributed by atoms with van der Waals surface area (Å²) in [4.78, 5) is 23.5. The third-order valence-electron chi connectivity index (χ3n) is 3.62. The molecule has 0 heterocycles. The minimum Gasteiger partial charge on any atom is -0.481 e. The van der Waals surface area contributed by atoms with Crippen LogP contribution in [0.3, 0.4) is 0 Å². The molecular formula is C14H14BrFO3. The van der Waals surface area contributed by atoms with Crippen LogP contribution in [0.15, 0.2) is 22.7 Å². The third-order valence-corrected chi connectivity index (χ3v) is 4.11. The molecule has 102 valence electrons. The number of hydrogen-bond acceptors (Lipinski definition) is 2. The van der Waals surface area contributed by atoms with Crippen LogP contribution in [0.1, 0.15) is 36.0 Å². The van der Waals surface area contributed by atoms with E-state index in [0.29, 0.717) is 17.3 Å². The molecule has 5 heteroatoms. The Morgan fingerprint density at radius 3 is 2.42 bits per heavy atom. The second-order valence-corrected chi connectivity index (χ2v) is 5.74. The lowest BCUT2D eigenvalue weighted by atomic mass is 9.75. The molecule has 0 radical (unpaired) electrons. The Labute approximate surface area is 118 Å². The van der Waals surface area contributed by atoms with E-state index in [1.54, 1.807) is 6.07 Å². The van der Waals surface area contributed by atoms with Crippen molar-refractivity contribution in [1.82, 2.24) is 0 Å². The number of ketones is 1. The molecule has 0 bridgehead atoms. The molecule has 0 spiro atoms. The molecule has 0 aromatic heterocycles. The van der Waals surface area contributed by atoms with Crippen LogP contribution in [-0.2, 0) is 4.79 Å². The van der Waals surface area contributed by atoms with Crippen LogP contribution in [0, 0.1) is 17.7 Å². The predicted molar refractivity (Wildman–Crippen MR) is 71.5 cm³/mol. The van der Waals surface area contributed by atoms with Crippen molar-refractivity contribution in [2.45, 2.75) is 25.7 Å². The van der Waals surface area contributed by atoms with Gasteiger partial charge in [-0.3, -0.25) is 9.59 Å². The van der Waals surface area contributed by atoms with Gasteiger partial charge in [0.15, 0.2) is 5.78 Å². The van der Waals surface area contributed by atoms with Gasteiger partial charge in [-0.05, 0) is 31.0 Å². The fourth-order valence-corrected chi connectivity index (χ4v) is 2.96. The first-order chi connectivity index (χ1) is 9.00. The van der Waals surface area contributed by atoms with Gasteiger partial charge in [0.25, 0.3) is 0 Å². The largest absolute Gasteiger partial charge is 0.481 e. The van der Waals surface area contributed by atoms with Gasteiger partial charge in [-0.25, -0.2) is 4.39 Å². The van der Waals surface area contributed by atoms with Gasteiger partial charge in [-0.2, -0.15) is 0 Å². The molecule has 2 rings (SSSR count). The first-order valence-electron chi connectivity index (χ1n) is 6.23. The maximum absolute atomic E-state index is 13.8. The van der Waals surface area contributed by atoms with Crippen molar-refractivity contribution >= 4 is 27.7 Å². The summed E-state index contributed by atoms with van der Waals surface area (Å²) in [7, 11) is 0. The number of carbonyl (C=O) groups is 2. The van der Waals surface area contributed by atoms with Gasteiger partial charge in [0, 0.05) is 10.4 Å². The highest BCUT2D eigenvalue weighted by Gasteiger charge is 2.36. The molecule has 1 saturated carbocycles. The molecule has 0 saturated heterocycles. The minimum absolute atomic E-state index is 0.0126. The fraction of sp³-hybridized carbons (Fsp3) is 0.429. The predicted octanol–water partition coefficient (Wildman–Crippen LogP) is 3.66. The average Bonchev–Trinajstić information content (AvgIpc) is 2.38. The lowest BCUT2D eigenvalue weighted by molar-refractivity contribution is -0.144. The van der Waals surface area contributed by atoms with Gasteiger partial charge < -0.3 is 5.11 Å². The summed E-state index contributed by atoms with van der Waals surface area (Å²) in [5.41, 5.74) is -0.0126. The van der Waals surface area contributed by atoms with Crippen molar-refractivity contribution in [1.29, 1.82) is 0 Å². The maximum atomic E-state index is 13.8. The molecule has 1 aliphatic rings. The minimum atomic E-state index is -0.962. The lowest BCUT2D eigenvalue weighted by Gasteiger charge is -2.27. The van der Waals surface area contributed by atoms with Crippen molar-refractivity contribution in [3.63, 3.8) is 0 Å². The number of aliphatic carboxylic acids is 1. The highest BCUT2D eigenvalue weighted by Crippen LogP contribution is 2.33. The van der Waals surface area contributed by atoms with E-state index in [1.807, 2.05) is 0 Å². The number of Topliss-reactive ketones (excluding diaryl/α,β-unsaturated/α-hetero) is 1. The van der Waals surface area contributed by atoms with Gasteiger partial charge in [0.05, 0.1) is 11.5 Å². The Hall–Kier alpha value is -1.23. The van der Waals surface area contributed by atoms with Crippen molar-refractivity contribution in [3.05, 3.63) is 34.1 Å². The van der Waals surface area contributed by atoms with E-state index in [1.165, 1.54) is 12.1 Å². The molecule has 0 unspecified atom stereocenters. The number of carboxylic acid groups (broad SMARTS) is 1. The molecule has 1 N–H and O–H groups in total. The van der Waals surface area contributed by atoms with E-state index < -0.39 is 29.4 Å². The molecular weight excluding hydrogens is 315 g/mol. The van der Waals surface area contributed by atoms with Crippen molar-refractivity contribution in [3.8, 4) is 0 Å². The standard InChI is InChI=1S/C14H14BrFO3/c15-8-5-6-11(12(16)7-8)13(17)9-3-1-2-4-10(9)14(18)19/h5-7,9-10H,1-4H2,(H,18,19)/t9-,10-/m0/s1. The Kier molecular flexibility index (Phi) is 4.34. The van der Waals surface area contributed by atoms with E-state index in [4.69, 9.17) is 5.11 Å². The van der Waals surface area contributed by atoms with Crippen LogP contribution in [-0.4, -0.2) is 16.9 Å². The third kappa shape index (κ3) is 3.03. The Morgan fingerprint density at radius 1 is 1.21 bits per heavy atom. The Balaban J connectivity index is 2.28. The van der Waals surface area contributed by atoms with Gasteiger partial charge in [-0.1, -0.05) is 28.8 Å². The lowest BCUT2D eigenvalue weighted by Crippen LogP contribution is -2.33. The SMILES string of the molecule is O=C(O)[C@H]1CCCC[C@@H]1C(=O)c1ccc(Br)cc1F. The number of halogens is 2. The molecule has 1 fully saturated rings. The quantitative estimate of drug-likeness (QED) is 0.861. The van der Waals surface area contributed by atoms with E-state index in [9.17, 15) is 14.0 Å². The van der Waals surface area contributed by atoms with Crippen LogP contribution in [0.2, 0.25) is 0 Å². The fourth-order valence-electron chi connectivity index (χ4n) is 2.63. The van der Waals surface area contributed by atoms with Gasteiger partial charge in [0.2, 0.25) is 0 Å². The van der Waals surface area contributed by atoms with E-state index in [-0.39, 0.29) is 5.56 Å². The maximum Gasteiger partial charge on any atom is 0.307 e. The molecule has 2 atom stereocenters. The monoisotopic (exact) mass is 328 g/mol. The Morgan fingerprint density at radius 2 is 1.84 bits per heavy atom. The van der Waals surface area contributed by atoms with Gasteiger partial charge >= 0.3 is 5.97 Å². The van der Waals surface area contributed by atoms with Crippen LogP contribution < -0.4 is 0 Å². The summed E-state index contributed by atoms with van der Waals surface area (Å²) in [5.74, 6) is -3.26. The van der Waals surface area contributed by atoms with Crippen LogP contribution in [0.25, 0.3) is 0 Å². The van der Waals surface area contributed by atoms with Gasteiger partial charge in [-0.15, -0.1) is 0 Å². The van der Waals surface area contributed by atoms with Crippen molar-refractivity contribution < 1.29 is 19.1 Å². The zero-order valence-electron chi connectivity index (χ0n) is 10.2. The smallest absolute Gasteiger partial charge is 0.307 e. The highest BCUT2D eigenvalue weighted by atomic mass is 79.9. The summed E-state index contributed by atoms with van der Waals surface area (Å²) in [6.07, 6.45) is 2.64. The average molecular weight is 329 g/mol. The molecule has 3 nitrogen and oxygen atoms in total. The van der Waals surface area contributed by atoms with Crippen molar-refractivity contribution in [2.75, 3.05) is 0 Å². The van der Waals surface area contributed by atoms with E-state index in [0.717, 1.165) is 12.8 Å². The first-order valence-corrected chi connectivity index (χ1v) is 7.02.